The molecule has 20 heavy (non-hydrogen) atoms. The SMILES string of the molecule is O=C=Nc1cccc(-c2nc(-c3cccnc3)cs2)c1. The first-order valence-corrected chi connectivity index (χ1v) is 6.79. The van der Waals surface area contributed by atoms with Gasteiger partial charge in [-0.2, -0.15) is 4.99 Å². The van der Waals surface area contributed by atoms with E-state index in [4.69, 9.17) is 0 Å². The standard InChI is InChI=1S/C15H9N3OS/c19-10-17-13-5-1-3-11(7-13)15-18-14(9-20-15)12-4-2-6-16-8-12/h1-9H. The summed E-state index contributed by atoms with van der Waals surface area (Å²) in [5.74, 6) is 0. The molecule has 3 rings (SSSR count). The summed E-state index contributed by atoms with van der Waals surface area (Å²) in [5, 5.41) is 2.87. The number of nitrogens with zero attached hydrogens (tertiary/aromatic N) is 3. The lowest BCUT2D eigenvalue weighted by atomic mass is 10.2. The zero-order valence-corrected chi connectivity index (χ0v) is 11.2. The minimum Gasteiger partial charge on any atom is -0.264 e. The van der Waals surface area contributed by atoms with E-state index in [2.05, 4.69) is 15.0 Å². The maximum absolute atomic E-state index is 10.3. The molecule has 0 spiro atoms. The lowest BCUT2D eigenvalue weighted by molar-refractivity contribution is 0.565. The zero-order chi connectivity index (χ0) is 13.8. The summed E-state index contributed by atoms with van der Waals surface area (Å²) in [4.78, 5) is 22.6. The summed E-state index contributed by atoms with van der Waals surface area (Å²) in [6.07, 6.45) is 5.06. The second-order valence-corrected chi connectivity index (χ2v) is 4.89. The highest BCUT2D eigenvalue weighted by Gasteiger charge is 2.07. The third-order valence-electron chi connectivity index (χ3n) is 2.73. The van der Waals surface area contributed by atoms with Crippen LogP contribution in [0.4, 0.5) is 5.69 Å². The molecule has 0 saturated carbocycles. The average molecular weight is 279 g/mol. The Morgan fingerprint density at radius 1 is 1.15 bits per heavy atom. The van der Waals surface area contributed by atoms with Crippen LogP contribution >= 0.6 is 11.3 Å². The highest BCUT2D eigenvalue weighted by molar-refractivity contribution is 7.13. The highest BCUT2D eigenvalue weighted by atomic mass is 32.1. The second kappa shape index (κ2) is 5.57. The van der Waals surface area contributed by atoms with Crippen molar-refractivity contribution in [3.8, 4) is 21.8 Å². The van der Waals surface area contributed by atoms with E-state index in [1.807, 2.05) is 35.7 Å². The third kappa shape index (κ3) is 2.54. The number of carbonyl (C=O) groups excluding carboxylic acids is 1. The maximum atomic E-state index is 10.3. The summed E-state index contributed by atoms with van der Waals surface area (Å²) in [5.41, 5.74) is 3.39. The topological polar surface area (TPSA) is 55.2 Å². The Kier molecular flexibility index (Phi) is 3.46. The molecule has 0 saturated heterocycles. The molecular weight excluding hydrogens is 270 g/mol. The smallest absolute Gasteiger partial charge is 0.240 e. The van der Waals surface area contributed by atoms with Gasteiger partial charge in [-0.3, -0.25) is 4.98 Å². The van der Waals surface area contributed by atoms with Gasteiger partial charge in [0.25, 0.3) is 0 Å². The van der Waals surface area contributed by atoms with Crippen LogP contribution in [-0.4, -0.2) is 16.0 Å². The molecule has 5 heteroatoms. The van der Waals surface area contributed by atoms with Gasteiger partial charge in [-0.1, -0.05) is 12.1 Å². The van der Waals surface area contributed by atoms with Crippen molar-refractivity contribution in [1.82, 2.24) is 9.97 Å². The molecule has 0 aliphatic rings. The fourth-order valence-electron chi connectivity index (χ4n) is 1.81. The molecule has 0 bridgehead atoms. The van der Waals surface area contributed by atoms with E-state index in [-0.39, 0.29) is 0 Å². The lowest BCUT2D eigenvalue weighted by Crippen LogP contribution is -1.80. The molecular formula is C15H9N3OS. The molecule has 0 unspecified atom stereocenters. The first-order valence-electron chi connectivity index (χ1n) is 5.91. The van der Waals surface area contributed by atoms with Gasteiger partial charge in [0.1, 0.15) is 5.01 Å². The Morgan fingerprint density at radius 2 is 2.05 bits per heavy atom. The van der Waals surface area contributed by atoms with E-state index in [1.165, 1.54) is 0 Å². The molecule has 0 N–H and O–H groups in total. The number of hydrogen-bond donors (Lipinski definition) is 0. The molecule has 2 aromatic heterocycles. The normalized spacial score (nSPS) is 10.0. The fraction of sp³-hybridized carbons (Fsp3) is 0. The Bertz CT molecular complexity index is 777. The minimum absolute atomic E-state index is 0.579. The number of thiazole rings is 1. The van der Waals surface area contributed by atoms with E-state index in [9.17, 15) is 4.79 Å². The summed E-state index contributed by atoms with van der Waals surface area (Å²) in [7, 11) is 0. The van der Waals surface area contributed by atoms with E-state index in [1.54, 1.807) is 35.9 Å². The van der Waals surface area contributed by atoms with Crippen LogP contribution in [0.2, 0.25) is 0 Å². The largest absolute Gasteiger partial charge is 0.264 e. The van der Waals surface area contributed by atoms with Crippen molar-refractivity contribution in [3.63, 3.8) is 0 Å². The van der Waals surface area contributed by atoms with Gasteiger partial charge in [0.15, 0.2) is 0 Å². The van der Waals surface area contributed by atoms with Crippen molar-refractivity contribution in [2.45, 2.75) is 0 Å². The number of aromatic nitrogens is 2. The molecule has 0 amide bonds. The number of hydrogen-bond acceptors (Lipinski definition) is 5. The number of benzene rings is 1. The average Bonchev–Trinajstić information content (AvgIpc) is 2.99. The van der Waals surface area contributed by atoms with Crippen molar-refractivity contribution in [2.75, 3.05) is 0 Å². The van der Waals surface area contributed by atoms with E-state index < -0.39 is 0 Å². The molecule has 0 aliphatic carbocycles. The van der Waals surface area contributed by atoms with Gasteiger partial charge in [0.05, 0.1) is 11.4 Å². The van der Waals surface area contributed by atoms with Crippen LogP contribution in [0.1, 0.15) is 0 Å². The number of pyridine rings is 1. The Hall–Kier alpha value is -2.62. The fourth-order valence-corrected chi connectivity index (χ4v) is 2.64. The van der Waals surface area contributed by atoms with Crippen molar-refractivity contribution >= 4 is 23.1 Å². The first kappa shape index (κ1) is 12.4. The minimum atomic E-state index is 0.579. The van der Waals surface area contributed by atoms with Crippen molar-refractivity contribution in [1.29, 1.82) is 0 Å². The summed E-state index contributed by atoms with van der Waals surface area (Å²) in [6, 6.07) is 11.2. The van der Waals surface area contributed by atoms with Crippen LogP contribution in [0.5, 0.6) is 0 Å². The summed E-state index contributed by atoms with van der Waals surface area (Å²) < 4.78 is 0. The third-order valence-corrected chi connectivity index (χ3v) is 3.62. The van der Waals surface area contributed by atoms with Gasteiger partial charge >= 0.3 is 0 Å². The zero-order valence-electron chi connectivity index (χ0n) is 10.4. The van der Waals surface area contributed by atoms with E-state index in [0.717, 1.165) is 21.8 Å². The molecule has 2 heterocycles. The Balaban J connectivity index is 1.98. The number of aliphatic imine (C=N–C) groups is 1. The quantitative estimate of drug-likeness (QED) is 0.540. The predicted molar refractivity (Wildman–Crippen MR) is 78.6 cm³/mol. The molecule has 3 aromatic rings. The molecule has 0 radical (unpaired) electrons. The van der Waals surface area contributed by atoms with Gasteiger partial charge in [-0.15, -0.1) is 11.3 Å². The molecule has 0 atom stereocenters. The highest BCUT2D eigenvalue weighted by Crippen LogP contribution is 2.30. The van der Waals surface area contributed by atoms with Gasteiger partial charge in [0, 0.05) is 28.9 Å². The van der Waals surface area contributed by atoms with Crippen molar-refractivity contribution in [2.24, 2.45) is 4.99 Å². The van der Waals surface area contributed by atoms with Crippen LogP contribution in [0.3, 0.4) is 0 Å². The van der Waals surface area contributed by atoms with Crippen molar-refractivity contribution in [3.05, 3.63) is 54.2 Å². The van der Waals surface area contributed by atoms with Crippen LogP contribution in [-0.2, 0) is 4.79 Å². The molecule has 0 aliphatic heterocycles. The Labute approximate surface area is 119 Å². The van der Waals surface area contributed by atoms with Crippen LogP contribution in [0.25, 0.3) is 21.8 Å². The number of isocyanates is 1. The van der Waals surface area contributed by atoms with Crippen LogP contribution in [0.15, 0.2) is 59.2 Å². The summed E-state index contributed by atoms with van der Waals surface area (Å²) in [6.45, 7) is 0. The molecule has 1 aromatic carbocycles. The maximum Gasteiger partial charge on any atom is 0.240 e. The van der Waals surface area contributed by atoms with E-state index >= 15 is 0 Å². The van der Waals surface area contributed by atoms with Gasteiger partial charge < -0.3 is 0 Å². The van der Waals surface area contributed by atoms with Crippen LogP contribution < -0.4 is 0 Å². The second-order valence-electron chi connectivity index (χ2n) is 4.03. The molecule has 96 valence electrons. The first-order chi connectivity index (χ1) is 9.86. The molecule has 4 nitrogen and oxygen atoms in total. The lowest BCUT2D eigenvalue weighted by Gasteiger charge is -1.97. The van der Waals surface area contributed by atoms with Gasteiger partial charge in [0.2, 0.25) is 6.08 Å². The molecule has 0 fully saturated rings. The van der Waals surface area contributed by atoms with Crippen LogP contribution in [0, 0.1) is 0 Å². The van der Waals surface area contributed by atoms with Crippen molar-refractivity contribution < 1.29 is 4.79 Å². The summed E-state index contributed by atoms with van der Waals surface area (Å²) >= 11 is 1.55. The van der Waals surface area contributed by atoms with Gasteiger partial charge in [-0.05, 0) is 24.3 Å². The van der Waals surface area contributed by atoms with Gasteiger partial charge in [-0.25, -0.2) is 9.78 Å². The Morgan fingerprint density at radius 3 is 2.85 bits per heavy atom. The number of rotatable bonds is 3. The monoisotopic (exact) mass is 279 g/mol. The van der Waals surface area contributed by atoms with E-state index in [0.29, 0.717) is 5.69 Å². The predicted octanol–water partition coefficient (Wildman–Crippen LogP) is 3.84.